The molecule has 5 heteroatoms. The average molecular weight is 602 g/mol. The summed E-state index contributed by atoms with van der Waals surface area (Å²) in [7, 11) is 0. The van der Waals surface area contributed by atoms with E-state index in [1.54, 1.807) is 6.92 Å². The number of carbonyl (C=O) groups excluding carboxylic acids is 2. The molecule has 0 amide bonds. The van der Waals surface area contributed by atoms with Gasteiger partial charge in [0.1, 0.15) is 22.7 Å². The van der Waals surface area contributed by atoms with Crippen LogP contribution in [0.4, 0.5) is 0 Å². The summed E-state index contributed by atoms with van der Waals surface area (Å²) in [6.07, 6.45) is 33.2. The Balaban J connectivity index is 0. The van der Waals surface area contributed by atoms with Crippen molar-refractivity contribution in [2.24, 2.45) is 11.1 Å². The van der Waals surface area contributed by atoms with E-state index in [1.807, 2.05) is 0 Å². The van der Waals surface area contributed by atoms with E-state index in [-0.39, 0.29) is 24.0 Å². The monoisotopic (exact) mass is 602 g/mol. The molecule has 0 saturated carbocycles. The van der Waals surface area contributed by atoms with Gasteiger partial charge in [0.05, 0.1) is 0 Å². The molecule has 0 radical (unpaired) electrons. The zero-order valence-corrected chi connectivity index (χ0v) is 28.9. The standard InChI is InChI=1S/C36H71NO3.ClH/c1-5-7-9-11-13-15-17-19-21-23-25-27-29-31-33(38)35(3,36(4,37)40)34(39)32-30-28-26-24-22-20-18-16-14-12-10-8-6-2;/h40H,5-32,37H2,1-4H3;1H. The zero-order chi connectivity index (χ0) is 30.0. The van der Waals surface area contributed by atoms with Crippen molar-refractivity contribution < 1.29 is 14.7 Å². The van der Waals surface area contributed by atoms with Crippen LogP contribution in [0.2, 0.25) is 0 Å². The molecule has 41 heavy (non-hydrogen) atoms. The topological polar surface area (TPSA) is 80.4 Å². The third-order valence-corrected chi connectivity index (χ3v) is 9.14. The summed E-state index contributed by atoms with van der Waals surface area (Å²) in [5.41, 5.74) is 2.68. The Morgan fingerprint density at radius 3 is 0.854 bits per heavy atom. The lowest BCUT2D eigenvalue weighted by Gasteiger charge is -2.37. The van der Waals surface area contributed by atoms with Crippen LogP contribution in [-0.2, 0) is 9.59 Å². The fourth-order valence-electron chi connectivity index (χ4n) is 5.83. The molecule has 0 heterocycles. The Hall–Kier alpha value is -0.450. The highest BCUT2D eigenvalue weighted by atomic mass is 35.5. The molecule has 0 bridgehead atoms. The summed E-state index contributed by atoms with van der Waals surface area (Å²) in [4.78, 5) is 26.3. The third-order valence-electron chi connectivity index (χ3n) is 9.14. The SMILES string of the molecule is CCCCCCCCCCCCCCCC(=O)C(C)(C(=O)CCCCCCCCCCCCCCC)C(C)(N)O.Cl. The van der Waals surface area contributed by atoms with Crippen LogP contribution in [0.25, 0.3) is 0 Å². The number of nitrogens with two attached hydrogens (primary N) is 1. The van der Waals surface area contributed by atoms with Gasteiger partial charge in [0.2, 0.25) is 0 Å². The Bertz CT molecular complexity index is 560. The largest absolute Gasteiger partial charge is 0.375 e. The maximum atomic E-state index is 13.1. The van der Waals surface area contributed by atoms with E-state index in [0.717, 1.165) is 38.5 Å². The number of unbranched alkanes of at least 4 members (excludes halogenated alkanes) is 24. The van der Waals surface area contributed by atoms with Crippen LogP contribution in [0.1, 0.15) is 207 Å². The zero-order valence-electron chi connectivity index (χ0n) is 28.0. The van der Waals surface area contributed by atoms with Gasteiger partial charge in [0.15, 0.2) is 0 Å². The lowest BCUT2D eigenvalue weighted by molar-refractivity contribution is -0.156. The van der Waals surface area contributed by atoms with E-state index in [0.29, 0.717) is 12.8 Å². The number of Topliss-reactive ketones (excluding diaryl/α,β-unsaturated/α-hetero) is 2. The van der Waals surface area contributed by atoms with Crippen molar-refractivity contribution >= 4 is 24.0 Å². The highest BCUT2D eigenvalue weighted by Gasteiger charge is 2.51. The maximum Gasteiger partial charge on any atom is 0.150 e. The second kappa shape index (κ2) is 28.3. The Kier molecular flexibility index (Phi) is 29.5. The van der Waals surface area contributed by atoms with Crippen molar-refractivity contribution in [1.29, 1.82) is 0 Å². The van der Waals surface area contributed by atoms with Gasteiger partial charge < -0.3 is 10.8 Å². The molecule has 0 aromatic heterocycles. The van der Waals surface area contributed by atoms with Crippen molar-refractivity contribution in [2.75, 3.05) is 0 Å². The van der Waals surface area contributed by atoms with Gasteiger partial charge in [-0.05, 0) is 26.7 Å². The lowest BCUT2D eigenvalue weighted by Crippen LogP contribution is -2.60. The molecule has 0 rings (SSSR count). The third kappa shape index (κ3) is 21.8. The second-order valence-electron chi connectivity index (χ2n) is 13.1. The number of halogens is 1. The predicted octanol–water partition coefficient (Wildman–Crippen LogP) is 11.2. The van der Waals surface area contributed by atoms with Gasteiger partial charge in [-0.25, -0.2) is 0 Å². The van der Waals surface area contributed by atoms with E-state index in [2.05, 4.69) is 13.8 Å². The smallest absolute Gasteiger partial charge is 0.150 e. The fourth-order valence-corrected chi connectivity index (χ4v) is 5.83. The van der Waals surface area contributed by atoms with Crippen molar-refractivity contribution in [3.8, 4) is 0 Å². The first kappa shape index (κ1) is 42.7. The fraction of sp³-hybridized carbons (Fsp3) is 0.944. The normalized spacial score (nSPS) is 13.1. The summed E-state index contributed by atoms with van der Waals surface area (Å²) in [6.45, 7) is 7.51. The number of aliphatic hydroxyl groups is 1. The molecule has 0 aliphatic rings. The van der Waals surface area contributed by atoms with Crippen LogP contribution < -0.4 is 5.73 Å². The molecular formula is C36H72ClNO3. The molecule has 4 nitrogen and oxygen atoms in total. The molecule has 1 unspecified atom stereocenters. The van der Waals surface area contributed by atoms with Gasteiger partial charge in [-0.3, -0.25) is 9.59 Å². The van der Waals surface area contributed by atoms with E-state index in [9.17, 15) is 14.7 Å². The molecule has 0 aromatic rings. The van der Waals surface area contributed by atoms with Crippen LogP contribution in [0.15, 0.2) is 0 Å². The first-order chi connectivity index (χ1) is 19.2. The van der Waals surface area contributed by atoms with Crippen LogP contribution >= 0.6 is 12.4 Å². The van der Waals surface area contributed by atoms with E-state index >= 15 is 0 Å². The van der Waals surface area contributed by atoms with Crippen LogP contribution in [0.5, 0.6) is 0 Å². The minimum atomic E-state index is -1.83. The van der Waals surface area contributed by atoms with Gasteiger partial charge in [0, 0.05) is 12.8 Å². The highest BCUT2D eigenvalue weighted by molar-refractivity contribution is 6.07. The van der Waals surface area contributed by atoms with Crippen LogP contribution in [0.3, 0.4) is 0 Å². The molecule has 0 aliphatic carbocycles. The van der Waals surface area contributed by atoms with Crippen LogP contribution in [-0.4, -0.2) is 22.4 Å². The minimum absolute atomic E-state index is 0. The molecule has 3 N–H and O–H groups in total. The second-order valence-corrected chi connectivity index (χ2v) is 13.1. The number of hydrogen-bond donors (Lipinski definition) is 2. The van der Waals surface area contributed by atoms with E-state index < -0.39 is 11.1 Å². The Labute approximate surface area is 262 Å². The maximum absolute atomic E-state index is 13.1. The quantitative estimate of drug-likeness (QED) is 0.0470. The first-order valence-corrected chi connectivity index (χ1v) is 17.8. The molecule has 1 atom stereocenters. The molecule has 0 saturated heterocycles. The minimum Gasteiger partial charge on any atom is -0.375 e. The lowest BCUT2D eigenvalue weighted by atomic mass is 9.70. The summed E-state index contributed by atoms with van der Waals surface area (Å²) in [5, 5.41) is 10.6. The van der Waals surface area contributed by atoms with Gasteiger partial charge in [0.25, 0.3) is 0 Å². The van der Waals surface area contributed by atoms with Gasteiger partial charge >= 0.3 is 0 Å². The van der Waals surface area contributed by atoms with Crippen molar-refractivity contribution in [3.63, 3.8) is 0 Å². The van der Waals surface area contributed by atoms with Gasteiger partial charge in [-0.1, -0.05) is 168 Å². The van der Waals surface area contributed by atoms with Crippen LogP contribution in [0, 0.1) is 5.41 Å². The van der Waals surface area contributed by atoms with Crippen molar-refractivity contribution in [2.45, 2.75) is 213 Å². The molecule has 0 aliphatic heterocycles. The summed E-state index contributed by atoms with van der Waals surface area (Å²) in [5.74, 6) is -0.384. The average Bonchev–Trinajstić information content (AvgIpc) is 2.92. The molecular weight excluding hydrogens is 530 g/mol. The number of hydrogen-bond acceptors (Lipinski definition) is 4. The Morgan fingerprint density at radius 2 is 0.659 bits per heavy atom. The summed E-state index contributed by atoms with van der Waals surface area (Å²) in [6, 6.07) is 0. The summed E-state index contributed by atoms with van der Waals surface area (Å²) < 4.78 is 0. The van der Waals surface area contributed by atoms with Crippen molar-refractivity contribution in [3.05, 3.63) is 0 Å². The highest BCUT2D eigenvalue weighted by Crippen LogP contribution is 2.34. The Morgan fingerprint density at radius 1 is 0.463 bits per heavy atom. The van der Waals surface area contributed by atoms with Gasteiger partial charge in [-0.15, -0.1) is 12.4 Å². The van der Waals surface area contributed by atoms with E-state index in [1.165, 1.54) is 135 Å². The number of ketones is 2. The predicted molar refractivity (Wildman–Crippen MR) is 181 cm³/mol. The van der Waals surface area contributed by atoms with Gasteiger partial charge in [-0.2, -0.15) is 0 Å². The van der Waals surface area contributed by atoms with E-state index in [4.69, 9.17) is 5.73 Å². The molecule has 0 spiro atoms. The number of rotatable bonds is 31. The van der Waals surface area contributed by atoms with Crippen molar-refractivity contribution in [1.82, 2.24) is 0 Å². The molecule has 246 valence electrons. The summed E-state index contributed by atoms with van der Waals surface area (Å²) >= 11 is 0. The number of carbonyl (C=O) groups is 2. The molecule has 0 aromatic carbocycles. The molecule has 0 fully saturated rings. The first-order valence-electron chi connectivity index (χ1n) is 17.8.